The molecule has 0 unspecified atom stereocenters. The molecular weight excluding hydrogens is 466 g/mol. The topological polar surface area (TPSA) is 55.2 Å². The zero-order valence-electron chi connectivity index (χ0n) is 17.8. The molecule has 6 heteroatoms. The van der Waals surface area contributed by atoms with Gasteiger partial charge in [-0.1, -0.05) is 46.3 Å². The Bertz CT molecular complexity index is 1400. The summed E-state index contributed by atoms with van der Waals surface area (Å²) < 4.78 is 2.57. The van der Waals surface area contributed by atoms with E-state index >= 15 is 0 Å². The van der Waals surface area contributed by atoms with E-state index in [0.717, 1.165) is 21.4 Å². The normalized spacial score (nSPS) is 15.6. The SMILES string of the molecule is CC(C)N1C(=O)[C@H](Cc2nc3ccccc3c(=O)n2-c2ccccc2)c2cc(Br)ccc21. The van der Waals surface area contributed by atoms with Crippen LogP contribution in [0.5, 0.6) is 0 Å². The monoisotopic (exact) mass is 487 g/mol. The lowest BCUT2D eigenvalue weighted by atomic mass is 9.96. The first-order valence-electron chi connectivity index (χ1n) is 10.6. The summed E-state index contributed by atoms with van der Waals surface area (Å²) in [6, 6.07) is 22.8. The number of nitrogens with zero attached hydrogens (tertiary/aromatic N) is 3. The van der Waals surface area contributed by atoms with Crippen molar-refractivity contribution in [1.29, 1.82) is 0 Å². The maximum atomic E-state index is 13.5. The quantitative estimate of drug-likeness (QED) is 0.396. The summed E-state index contributed by atoms with van der Waals surface area (Å²) in [5.74, 6) is 0.206. The van der Waals surface area contributed by atoms with Gasteiger partial charge in [-0.25, -0.2) is 4.98 Å². The van der Waals surface area contributed by atoms with Crippen molar-refractivity contribution in [1.82, 2.24) is 9.55 Å². The standard InChI is InChI=1S/C26H22BrN3O2/c1-16(2)29-23-13-12-17(27)14-20(23)21(26(29)32)15-24-28-22-11-7-6-10-19(22)25(31)30(24)18-8-4-3-5-9-18/h3-14,16,21H,15H2,1-2H3/t21-/m1/s1. The average Bonchev–Trinajstić information content (AvgIpc) is 3.05. The molecule has 1 amide bonds. The highest BCUT2D eigenvalue weighted by atomic mass is 79.9. The van der Waals surface area contributed by atoms with Gasteiger partial charge >= 0.3 is 0 Å². The van der Waals surface area contributed by atoms with E-state index < -0.39 is 5.92 Å². The fraction of sp³-hybridized carbons (Fsp3) is 0.192. The Morgan fingerprint density at radius 1 is 0.969 bits per heavy atom. The van der Waals surface area contributed by atoms with Crippen molar-refractivity contribution in [3.63, 3.8) is 0 Å². The second-order valence-electron chi connectivity index (χ2n) is 8.28. The van der Waals surface area contributed by atoms with E-state index in [9.17, 15) is 9.59 Å². The number of para-hydroxylation sites is 2. The van der Waals surface area contributed by atoms with Crippen molar-refractivity contribution in [2.24, 2.45) is 0 Å². The van der Waals surface area contributed by atoms with Crippen molar-refractivity contribution in [2.75, 3.05) is 4.90 Å². The van der Waals surface area contributed by atoms with Crippen molar-refractivity contribution in [2.45, 2.75) is 32.2 Å². The van der Waals surface area contributed by atoms with Crippen LogP contribution in [0, 0.1) is 0 Å². The molecule has 160 valence electrons. The molecule has 1 aliphatic rings. The van der Waals surface area contributed by atoms with Crippen LogP contribution in [0.4, 0.5) is 5.69 Å². The summed E-state index contributed by atoms with van der Waals surface area (Å²) >= 11 is 3.55. The smallest absolute Gasteiger partial charge is 0.265 e. The molecule has 0 saturated carbocycles. The summed E-state index contributed by atoms with van der Waals surface area (Å²) in [5.41, 5.74) is 3.14. The van der Waals surface area contributed by atoms with Crippen molar-refractivity contribution < 1.29 is 4.79 Å². The summed E-state index contributed by atoms with van der Waals surface area (Å²) in [7, 11) is 0. The molecule has 5 rings (SSSR count). The van der Waals surface area contributed by atoms with Crippen LogP contribution in [-0.2, 0) is 11.2 Å². The Labute approximate surface area is 194 Å². The van der Waals surface area contributed by atoms with Crippen LogP contribution in [0.15, 0.2) is 82.1 Å². The first-order chi connectivity index (χ1) is 15.5. The van der Waals surface area contributed by atoms with Gasteiger partial charge in [-0.15, -0.1) is 0 Å². The summed E-state index contributed by atoms with van der Waals surface area (Å²) in [6.45, 7) is 4.03. The van der Waals surface area contributed by atoms with Gasteiger partial charge in [0.05, 0.1) is 22.5 Å². The molecule has 1 aliphatic heterocycles. The van der Waals surface area contributed by atoms with E-state index in [1.165, 1.54) is 0 Å². The molecular formula is C26H22BrN3O2. The second kappa shape index (κ2) is 8.02. The van der Waals surface area contributed by atoms with E-state index in [-0.39, 0.29) is 17.5 Å². The number of halogens is 1. The molecule has 1 atom stereocenters. The third kappa shape index (κ3) is 3.35. The molecule has 0 spiro atoms. The molecule has 3 aromatic carbocycles. The molecule has 0 N–H and O–H groups in total. The molecule has 0 aliphatic carbocycles. The number of carbonyl (C=O) groups excluding carboxylic acids is 1. The lowest BCUT2D eigenvalue weighted by Gasteiger charge is -2.22. The van der Waals surface area contributed by atoms with Gasteiger partial charge < -0.3 is 4.90 Å². The molecule has 32 heavy (non-hydrogen) atoms. The zero-order chi connectivity index (χ0) is 22.4. The third-order valence-electron chi connectivity index (χ3n) is 5.92. The van der Waals surface area contributed by atoms with Crippen LogP contribution in [0.2, 0.25) is 0 Å². The Hall–Kier alpha value is -3.25. The van der Waals surface area contributed by atoms with Gasteiger partial charge in [0.15, 0.2) is 0 Å². The van der Waals surface area contributed by atoms with Crippen LogP contribution in [0.1, 0.15) is 31.2 Å². The van der Waals surface area contributed by atoms with Gasteiger partial charge in [-0.3, -0.25) is 14.2 Å². The van der Waals surface area contributed by atoms with E-state index in [0.29, 0.717) is 23.1 Å². The van der Waals surface area contributed by atoms with Gasteiger partial charge in [-0.2, -0.15) is 0 Å². The van der Waals surface area contributed by atoms with Crippen LogP contribution in [-0.4, -0.2) is 21.5 Å². The number of carbonyl (C=O) groups is 1. The number of anilines is 1. The lowest BCUT2D eigenvalue weighted by molar-refractivity contribution is -0.119. The fourth-order valence-electron chi connectivity index (χ4n) is 4.51. The molecule has 0 saturated heterocycles. The van der Waals surface area contributed by atoms with Crippen molar-refractivity contribution >= 4 is 38.4 Å². The number of hydrogen-bond acceptors (Lipinski definition) is 3. The van der Waals surface area contributed by atoms with Crippen molar-refractivity contribution in [3.8, 4) is 5.69 Å². The fourth-order valence-corrected chi connectivity index (χ4v) is 4.89. The highest BCUT2D eigenvalue weighted by Gasteiger charge is 2.39. The third-order valence-corrected chi connectivity index (χ3v) is 6.42. The first kappa shape index (κ1) is 20.6. The van der Waals surface area contributed by atoms with Crippen LogP contribution in [0.25, 0.3) is 16.6 Å². The predicted molar refractivity (Wildman–Crippen MR) is 131 cm³/mol. The molecule has 0 fully saturated rings. The highest BCUT2D eigenvalue weighted by molar-refractivity contribution is 9.10. The minimum absolute atomic E-state index is 0.0355. The Balaban J connectivity index is 1.70. The minimum Gasteiger partial charge on any atom is -0.309 e. The molecule has 1 aromatic heterocycles. The average molecular weight is 488 g/mol. The number of aromatic nitrogens is 2. The Morgan fingerprint density at radius 3 is 2.44 bits per heavy atom. The minimum atomic E-state index is -0.409. The number of rotatable bonds is 4. The maximum absolute atomic E-state index is 13.5. The van der Waals surface area contributed by atoms with Gasteiger partial charge in [-0.05, 0) is 61.9 Å². The summed E-state index contributed by atoms with van der Waals surface area (Å²) in [6.07, 6.45) is 0.334. The van der Waals surface area contributed by atoms with Gasteiger partial charge in [0.25, 0.3) is 5.56 Å². The predicted octanol–water partition coefficient (Wildman–Crippen LogP) is 5.23. The highest BCUT2D eigenvalue weighted by Crippen LogP contribution is 2.41. The Morgan fingerprint density at radius 2 is 1.69 bits per heavy atom. The molecule has 0 bridgehead atoms. The molecule has 4 aromatic rings. The van der Waals surface area contributed by atoms with E-state index in [1.54, 1.807) is 10.6 Å². The maximum Gasteiger partial charge on any atom is 0.265 e. The van der Waals surface area contributed by atoms with Gasteiger partial charge in [0.1, 0.15) is 5.82 Å². The van der Waals surface area contributed by atoms with Crippen LogP contribution in [0.3, 0.4) is 0 Å². The number of amides is 1. The van der Waals surface area contributed by atoms with Crippen LogP contribution >= 0.6 is 15.9 Å². The van der Waals surface area contributed by atoms with Crippen LogP contribution < -0.4 is 10.5 Å². The summed E-state index contributed by atoms with van der Waals surface area (Å²) in [4.78, 5) is 33.7. The lowest BCUT2D eigenvalue weighted by Crippen LogP contribution is -2.36. The van der Waals surface area contributed by atoms with Gasteiger partial charge in [0.2, 0.25) is 5.91 Å². The molecule has 5 nitrogen and oxygen atoms in total. The van der Waals surface area contributed by atoms with E-state index in [1.807, 2.05) is 85.5 Å². The first-order valence-corrected chi connectivity index (χ1v) is 11.4. The second-order valence-corrected chi connectivity index (χ2v) is 9.20. The largest absolute Gasteiger partial charge is 0.309 e. The molecule has 0 radical (unpaired) electrons. The number of benzene rings is 3. The van der Waals surface area contributed by atoms with E-state index in [2.05, 4.69) is 15.9 Å². The molecule has 2 heterocycles. The zero-order valence-corrected chi connectivity index (χ0v) is 19.4. The Kier molecular flexibility index (Phi) is 5.18. The number of hydrogen-bond donors (Lipinski definition) is 0. The summed E-state index contributed by atoms with van der Waals surface area (Å²) in [5, 5.41) is 0.560. The number of fused-ring (bicyclic) bond motifs is 2. The van der Waals surface area contributed by atoms with E-state index in [4.69, 9.17) is 4.98 Å². The van der Waals surface area contributed by atoms with Gasteiger partial charge in [0, 0.05) is 22.6 Å². The van der Waals surface area contributed by atoms with Crippen molar-refractivity contribution in [3.05, 3.63) is 99.0 Å².